The molecule has 11 heteroatoms. The highest BCUT2D eigenvalue weighted by Crippen LogP contribution is 2.41. The number of nitrogens with zero attached hydrogens (tertiary/aromatic N) is 9. The predicted octanol–water partition coefficient (Wildman–Crippen LogP) is 4.37. The molecule has 35 heavy (non-hydrogen) atoms. The number of aryl methyl sites for hydroxylation is 1. The van der Waals surface area contributed by atoms with Crippen LogP contribution in [0.15, 0.2) is 30.9 Å². The molecule has 0 N–H and O–H groups in total. The van der Waals surface area contributed by atoms with E-state index >= 15 is 4.39 Å². The molecule has 0 spiro atoms. The number of alkyl halides is 1. The zero-order valence-corrected chi connectivity index (χ0v) is 20.8. The van der Waals surface area contributed by atoms with E-state index in [0.29, 0.717) is 57.6 Å². The second kappa shape index (κ2) is 8.27. The number of pyridine rings is 2. The van der Waals surface area contributed by atoms with Crippen LogP contribution in [0.5, 0.6) is 0 Å². The highest BCUT2D eigenvalue weighted by atomic mass is 35.5. The van der Waals surface area contributed by atoms with E-state index in [1.807, 2.05) is 31.7 Å². The van der Waals surface area contributed by atoms with Crippen molar-refractivity contribution in [2.75, 3.05) is 18.0 Å². The van der Waals surface area contributed by atoms with Crippen molar-refractivity contribution in [3.05, 3.63) is 47.4 Å². The lowest BCUT2D eigenvalue weighted by Crippen LogP contribution is -2.42. The summed E-state index contributed by atoms with van der Waals surface area (Å²) in [5.41, 5.74) is 1.10. The van der Waals surface area contributed by atoms with Gasteiger partial charge in [0, 0.05) is 50.9 Å². The van der Waals surface area contributed by atoms with Gasteiger partial charge in [0.2, 0.25) is 0 Å². The quantitative estimate of drug-likeness (QED) is 0.417. The molecule has 1 aliphatic rings. The maximum Gasteiger partial charge on any atom is 0.182 e. The smallest absolute Gasteiger partial charge is 0.182 e. The molecule has 1 saturated heterocycles. The summed E-state index contributed by atoms with van der Waals surface area (Å²) in [4.78, 5) is 11.1. The van der Waals surface area contributed by atoms with Crippen LogP contribution >= 0.6 is 11.6 Å². The van der Waals surface area contributed by atoms with Crippen molar-refractivity contribution in [3.63, 3.8) is 0 Å². The topological polar surface area (TPSA) is 101 Å². The number of aromatic nitrogens is 7. The van der Waals surface area contributed by atoms with Gasteiger partial charge in [-0.25, -0.2) is 14.1 Å². The Morgan fingerprint density at radius 3 is 2.57 bits per heavy atom. The fourth-order valence-corrected chi connectivity index (χ4v) is 5.02. The van der Waals surface area contributed by atoms with Crippen molar-refractivity contribution in [3.8, 4) is 17.3 Å². The molecule has 4 aromatic rings. The largest absolute Gasteiger partial charge is 0.368 e. The van der Waals surface area contributed by atoms with Crippen LogP contribution in [0.3, 0.4) is 0 Å². The Morgan fingerprint density at radius 2 is 1.94 bits per heavy atom. The van der Waals surface area contributed by atoms with Crippen molar-refractivity contribution in [2.24, 2.45) is 7.05 Å². The summed E-state index contributed by atoms with van der Waals surface area (Å²) in [5.74, 6) is 0.323. The monoisotopic (exact) mass is 493 g/mol. The lowest BCUT2D eigenvalue weighted by Gasteiger charge is -2.37. The van der Waals surface area contributed by atoms with Gasteiger partial charge in [0.1, 0.15) is 17.5 Å². The number of nitriles is 1. The molecule has 0 amide bonds. The Labute approximate surface area is 207 Å². The third-order valence-corrected chi connectivity index (χ3v) is 6.77. The van der Waals surface area contributed by atoms with Crippen LogP contribution in [0.4, 0.5) is 10.1 Å². The summed E-state index contributed by atoms with van der Waals surface area (Å²) in [5, 5.41) is 23.4. The van der Waals surface area contributed by atoms with Crippen molar-refractivity contribution < 1.29 is 4.39 Å². The lowest BCUT2D eigenvalue weighted by atomic mass is 9.91. The first-order valence-corrected chi connectivity index (χ1v) is 11.7. The van der Waals surface area contributed by atoms with E-state index in [4.69, 9.17) is 11.6 Å². The third kappa shape index (κ3) is 3.90. The number of piperidine rings is 1. The SMILES string of the molecule is Cn1cnnc1C1(F)CCN(c2c(C#N)ccnc2-c2cnc3nn(C(C)(C)C)c(Cl)c3c2)CC1. The zero-order chi connectivity index (χ0) is 25.0. The minimum absolute atomic E-state index is 0.222. The molecule has 1 aliphatic heterocycles. The first-order chi connectivity index (χ1) is 16.6. The van der Waals surface area contributed by atoms with E-state index in [9.17, 15) is 5.26 Å². The summed E-state index contributed by atoms with van der Waals surface area (Å²) in [6, 6.07) is 5.84. The van der Waals surface area contributed by atoms with Gasteiger partial charge in [-0.1, -0.05) is 11.6 Å². The minimum Gasteiger partial charge on any atom is -0.368 e. The summed E-state index contributed by atoms with van der Waals surface area (Å²) < 4.78 is 19.1. The minimum atomic E-state index is -1.58. The molecule has 5 rings (SSSR count). The standard InChI is InChI=1S/C24H25ClFN9/c1-23(2,3)35-20(25)17-11-16(13-29-21(17)32-35)18-19(15(12-27)5-8-28-18)34-9-6-24(26,7-10-34)22-31-30-14-33(22)4/h5,8,11,13-14H,6-7,9-10H2,1-4H3. The Morgan fingerprint density at radius 1 is 1.20 bits per heavy atom. The summed E-state index contributed by atoms with van der Waals surface area (Å²) in [7, 11) is 1.74. The number of hydrogen-bond acceptors (Lipinski definition) is 7. The molecule has 9 nitrogen and oxygen atoms in total. The van der Waals surface area contributed by atoms with E-state index in [-0.39, 0.29) is 18.4 Å². The number of anilines is 1. The molecule has 0 saturated carbocycles. The first kappa shape index (κ1) is 23.2. The molecule has 0 atom stereocenters. The van der Waals surface area contributed by atoms with E-state index < -0.39 is 5.67 Å². The van der Waals surface area contributed by atoms with Gasteiger partial charge < -0.3 is 9.47 Å². The van der Waals surface area contributed by atoms with Gasteiger partial charge in [-0.15, -0.1) is 10.2 Å². The molecule has 0 bridgehead atoms. The molecule has 1 fully saturated rings. The average Bonchev–Trinajstić information content (AvgIpc) is 3.42. The predicted molar refractivity (Wildman–Crippen MR) is 131 cm³/mol. The molecule has 0 aromatic carbocycles. The van der Waals surface area contributed by atoms with Crippen LogP contribution in [0.25, 0.3) is 22.3 Å². The van der Waals surface area contributed by atoms with Gasteiger partial charge in [0.05, 0.1) is 27.9 Å². The van der Waals surface area contributed by atoms with Gasteiger partial charge in [-0.3, -0.25) is 4.98 Å². The lowest BCUT2D eigenvalue weighted by molar-refractivity contribution is 0.109. The Balaban J connectivity index is 1.54. The van der Waals surface area contributed by atoms with Crippen LogP contribution in [0.1, 0.15) is 45.0 Å². The highest BCUT2D eigenvalue weighted by Gasteiger charge is 2.41. The second-order valence-electron chi connectivity index (χ2n) is 9.85. The number of rotatable bonds is 3. The van der Waals surface area contributed by atoms with E-state index in [0.717, 1.165) is 0 Å². The fraction of sp³-hybridized carbons (Fsp3) is 0.417. The van der Waals surface area contributed by atoms with Crippen LogP contribution < -0.4 is 4.90 Å². The van der Waals surface area contributed by atoms with Crippen LogP contribution in [0.2, 0.25) is 5.15 Å². The van der Waals surface area contributed by atoms with Crippen LogP contribution in [-0.2, 0) is 18.3 Å². The third-order valence-electron chi connectivity index (χ3n) is 6.41. The summed E-state index contributed by atoms with van der Waals surface area (Å²) in [6.45, 7) is 6.85. The fourth-order valence-electron chi connectivity index (χ4n) is 4.59. The molecular formula is C24H25ClFN9. The second-order valence-corrected chi connectivity index (χ2v) is 10.2. The Bertz CT molecular complexity index is 1450. The van der Waals surface area contributed by atoms with E-state index in [1.54, 1.807) is 34.8 Å². The van der Waals surface area contributed by atoms with Gasteiger partial charge in [-0.05, 0) is 32.9 Å². The van der Waals surface area contributed by atoms with Crippen molar-refractivity contribution in [1.82, 2.24) is 34.5 Å². The number of halogens is 2. The number of hydrogen-bond donors (Lipinski definition) is 0. The maximum atomic E-state index is 15.7. The maximum absolute atomic E-state index is 15.7. The van der Waals surface area contributed by atoms with Crippen molar-refractivity contribution in [1.29, 1.82) is 5.26 Å². The molecule has 180 valence electrons. The molecule has 0 radical (unpaired) electrons. The normalized spacial score (nSPS) is 16.0. The average molecular weight is 494 g/mol. The number of fused-ring (bicyclic) bond motifs is 1. The Hall–Kier alpha value is -3.58. The van der Waals surface area contributed by atoms with Crippen molar-refractivity contribution >= 4 is 28.3 Å². The van der Waals surface area contributed by atoms with E-state index in [1.165, 1.54) is 6.33 Å². The summed E-state index contributed by atoms with van der Waals surface area (Å²) in [6.07, 6.45) is 5.24. The van der Waals surface area contributed by atoms with Crippen LogP contribution in [-0.4, -0.2) is 47.6 Å². The molecule has 4 aromatic heterocycles. The molecule has 0 aliphatic carbocycles. The van der Waals surface area contributed by atoms with Gasteiger partial charge >= 0.3 is 0 Å². The van der Waals surface area contributed by atoms with Gasteiger partial charge in [0.25, 0.3) is 0 Å². The van der Waals surface area contributed by atoms with Gasteiger partial charge in [0.15, 0.2) is 17.1 Å². The van der Waals surface area contributed by atoms with Crippen molar-refractivity contribution in [2.45, 2.75) is 44.8 Å². The first-order valence-electron chi connectivity index (χ1n) is 11.3. The Kier molecular flexibility index (Phi) is 5.48. The molecular weight excluding hydrogens is 469 g/mol. The highest BCUT2D eigenvalue weighted by molar-refractivity contribution is 6.34. The van der Waals surface area contributed by atoms with Gasteiger partial charge in [-0.2, -0.15) is 10.4 Å². The van der Waals surface area contributed by atoms with Crippen LogP contribution in [0, 0.1) is 11.3 Å². The zero-order valence-electron chi connectivity index (χ0n) is 20.0. The molecule has 0 unspecified atom stereocenters. The summed E-state index contributed by atoms with van der Waals surface area (Å²) >= 11 is 6.66. The van der Waals surface area contributed by atoms with E-state index in [2.05, 4.69) is 31.3 Å². The molecule has 5 heterocycles.